The average Bonchev–Trinajstić information content (AvgIpc) is 2.64. The molecule has 0 bridgehead atoms. The number of hydrogen-bond donors (Lipinski definition) is 5. The van der Waals surface area contributed by atoms with E-state index in [2.05, 4.69) is 16.0 Å². The molecule has 3 amide bonds. The van der Waals surface area contributed by atoms with Crippen LogP contribution in [-0.2, 0) is 14.4 Å². The van der Waals surface area contributed by atoms with E-state index < -0.39 is 0 Å². The normalized spacial score (nSPS) is 10.9. The zero-order valence-electron chi connectivity index (χ0n) is 16.8. The van der Waals surface area contributed by atoms with E-state index in [1.54, 1.807) is 0 Å². The Morgan fingerprint density at radius 2 is 1.07 bits per heavy atom. The Morgan fingerprint density at radius 3 is 1.48 bits per heavy atom. The van der Waals surface area contributed by atoms with Gasteiger partial charge in [0.1, 0.15) is 0 Å². The van der Waals surface area contributed by atoms with Gasteiger partial charge in [0, 0.05) is 78.2 Å². The summed E-state index contributed by atoms with van der Waals surface area (Å²) in [5.74, 6) is -0.161. The van der Waals surface area contributed by atoms with Gasteiger partial charge in [-0.15, -0.1) is 0 Å². The minimum atomic E-state index is -0.0759. The molecule has 0 heterocycles. The Bertz CT molecular complexity index is 409. The van der Waals surface area contributed by atoms with Crippen LogP contribution in [0.15, 0.2) is 0 Å². The maximum Gasteiger partial charge on any atom is 0.221 e. The van der Waals surface area contributed by atoms with Crippen LogP contribution in [0.25, 0.3) is 0 Å². The van der Waals surface area contributed by atoms with Gasteiger partial charge < -0.3 is 37.2 Å². The third kappa shape index (κ3) is 16.2. The fraction of sp³-hybridized carbons (Fsp3) is 0.824. The van der Waals surface area contributed by atoms with Crippen LogP contribution in [0.2, 0.25) is 0 Å². The fourth-order valence-corrected chi connectivity index (χ4v) is 2.22. The van der Waals surface area contributed by atoms with Gasteiger partial charge in [0.15, 0.2) is 0 Å². The summed E-state index contributed by atoms with van der Waals surface area (Å²) in [6.07, 6.45) is 1.08. The van der Waals surface area contributed by atoms with E-state index >= 15 is 0 Å². The molecule has 10 nitrogen and oxygen atoms in total. The highest BCUT2D eigenvalue weighted by Crippen LogP contribution is 1.95. The Labute approximate surface area is 162 Å². The van der Waals surface area contributed by atoms with Crippen molar-refractivity contribution in [1.82, 2.24) is 25.8 Å². The van der Waals surface area contributed by atoms with Crippen LogP contribution in [0, 0.1) is 0 Å². The summed E-state index contributed by atoms with van der Waals surface area (Å²) in [6, 6.07) is 0. The highest BCUT2D eigenvalue weighted by atomic mass is 16.2. The van der Waals surface area contributed by atoms with E-state index in [9.17, 15) is 14.4 Å². The Morgan fingerprint density at radius 1 is 0.667 bits per heavy atom. The lowest BCUT2D eigenvalue weighted by Gasteiger charge is -2.22. The molecule has 0 saturated heterocycles. The third-order valence-electron chi connectivity index (χ3n) is 3.78. The molecule has 7 N–H and O–H groups in total. The van der Waals surface area contributed by atoms with Gasteiger partial charge >= 0.3 is 0 Å². The predicted octanol–water partition coefficient (Wildman–Crippen LogP) is -2.71. The topological polar surface area (TPSA) is 146 Å². The lowest BCUT2D eigenvalue weighted by atomic mass is 10.3. The molecule has 0 aliphatic heterocycles. The number of hydrogen-bond acceptors (Lipinski definition) is 7. The van der Waals surface area contributed by atoms with Crippen LogP contribution in [-0.4, -0.2) is 101 Å². The minimum Gasteiger partial charge on any atom is -0.355 e. The second kappa shape index (κ2) is 16.4. The molecule has 0 saturated carbocycles. The third-order valence-corrected chi connectivity index (χ3v) is 3.78. The Balaban J connectivity index is 4.30. The van der Waals surface area contributed by atoms with Crippen LogP contribution in [0.5, 0.6) is 0 Å². The van der Waals surface area contributed by atoms with Crippen molar-refractivity contribution < 1.29 is 14.4 Å². The van der Waals surface area contributed by atoms with E-state index in [1.165, 1.54) is 0 Å². The van der Waals surface area contributed by atoms with E-state index in [4.69, 9.17) is 11.5 Å². The van der Waals surface area contributed by atoms with Gasteiger partial charge in [-0.2, -0.15) is 0 Å². The average molecular weight is 388 g/mol. The largest absolute Gasteiger partial charge is 0.355 e. The molecule has 158 valence electrons. The minimum absolute atomic E-state index is 0.00923. The molecule has 0 rings (SSSR count). The Hall–Kier alpha value is -1.75. The highest BCUT2D eigenvalue weighted by Gasteiger charge is 2.11. The van der Waals surface area contributed by atoms with Crippen LogP contribution >= 0.6 is 0 Å². The van der Waals surface area contributed by atoms with Gasteiger partial charge in [0.25, 0.3) is 0 Å². The van der Waals surface area contributed by atoms with Crippen molar-refractivity contribution in [2.75, 3.05) is 73.0 Å². The number of rotatable bonds is 16. The van der Waals surface area contributed by atoms with Crippen LogP contribution in [0.3, 0.4) is 0 Å². The lowest BCUT2D eigenvalue weighted by Crippen LogP contribution is -2.40. The van der Waals surface area contributed by atoms with Gasteiger partial charge in [-0.1, -0.05) is 0 Å². The SMILES string of the molecule is CN(C)CCC(=O)NCCN(CCC(=O)NCCN)CCC(=O)NCCN. The maximum absolute atomic E-state index is 11.8. The van der Waals surface area contributed by atoms with Crippen molar-refractivity contribution in [3.8, 4) is 0 Å². The molecule has 0 unspecified atom stereocenters. The van der Waals surface area contributed by atoms with Crippen LogP contribution < -0.4 is 27.4 Å². The molecule has 10 heteroatoms. The zero-order valence-corrected chi connectivity index (χ0v) is 16.8. The summed E-state index contributed by atoms with van der Waals surface area (Å²) in [4.78, 5) is 39.2. The molecule has 27 heavy (non-hydrogen) atoms. The smallest absolute Gasteiger partial charge is 0.221 e. The summed E-state index contributed by atoms with van der Waals surface area (Å²) in [5, 5.41) is 8.32. The number of carbonyl (C=O) groups is 3. The van der Waals surface area contributed by atoms with Gasteiger partial charge in [0.05, 0.1) is 0 Å². The summed E-state index contributed by atoms with van der Waals surface area (Å²) in [5.41, 5.74) is 10.7. The number of carbonyl (C=O) groups excluding carboxylic acids is 3. The van der Waals surface area contributed by atoms with Crippen molar-refractivity contribution in [3.63, 3.8) is 0 Å². The first-order valence-corrected chi connectivity index (χ1v) is 9.46. The van der Waals surface area contributed by atoms with E-state index in [0.29, 0.717) is 78.2 Å². The number of nitrogens with zero attached hydrogens (tertiary/aromatic N) is 2. The van der Waals surface area contributed by atoms with E-state index in [1.807, 2.05) is 23.9 Å². The summed E-state index contributed by atoms with van der Waals surface area (Å²) < 4.78 is 0. The molecule has 0 aromatic heterocycles. The van der Waals surface area contributed by atoms with Crippen molar-refractivity contribution in [3.05, 3.63) is 0 Å². The Kier molecular flexibility index (Phi) is 15.4. The fourth-order valence-electron chi connectivity index (χ4n) is 2.22. The first kappa shape index (κ1) is 25.2. The highest BCUT2D eigenvalue weighted by molar-refractivity contribution is 5.77. The maximum atomic E-state index is 11.8. The standard InChI is InChI=1S/C17H37N7O3/c1-23(2)11-3-15(25)22-10-14-24(12-4-16(26)20-8-6-18)13-5-17(27)21-9-7-19/h3-14,18-19H2,1-2H3,(H,20,26)(H,21,27)(H,22,25). The van der Waals surface area contributed by atoms with Crippen molar-refractivity contribution in [1.29, 1.82) is 0 Å². The molecule has 0 aromatic carbocycles. The first-order chi connectivity index (χ1) is 12.9. The second-order valence-corrected chi connectivity index (χ2v) is 6.52. The van der Waals surface area contributed by atoms with Gasteiger partial charge in [-0.3, -0.25) is 14.4 Å². The molecule has 0 aliphatic rings. The van der Waals surface area contributed by atoms with Crippen LogP contribution in [0.4, 0.5) is 0 Å². The summed E-state index contributed by atoms with van der Waals surface area (Å²) >= 11 is 0. The molecule has 0 aromatic rings. The summed E-state index contributed by atoms with van der Waals surface area (Å²) in [6.45, 7) is 4.44. The van der Waals surface area contributed by atoms with Gasteiger partial charge in [-0.25, -0.2) is 0 Å². The van der Waals surface area contributed by atoms with E-state index in [-0.39, 0.29) is 17.7 Å². The number of nitrogens with two attached hydrogens (primary N) is 2. The lowest BCUT2D eigenvalue weighted by molar-refractivity contribution is -0.123. The first-order valence-electron chi connectivity index (χ1n) is 9.46. The molecule has 0 spiro atoms. The van der Waals surface area contributed by atoms with Crippen molar-refractivity contribution in [2.24, 2.45) is 11.5 Å². The molecule has 0 atom stereocenters. The van der Waals surface area contributed by atoms with Crippen LogP contribution in [0.1, 0.15) is 19.3 Å². The molecule has 0 aliphatic carbocycles. The van der Waals surface area contributed by atoms with Gasteiger partial charge in [-0.05, 0) is 14.1 Å². The molecular formula is C17H37N7O3. The quantitative estimate of drug-likeness (QED) is 0.193. The molecule has 0 fully saturated rings. The van der Waals surface area contributed by atoms with Crippen molar-refractivity contribution >= 4 is 17.7 Å². The van der Waals surface area contributed by atoms with E-state index in [0.717, 1.165) is 0 Å². The second-order valence-electron chi connectivity index (χ2n) is 6.52. The van der Waals surface area contributed by atoms with Crippen molar-refractivity contribution in [2.45, 2.75) is 19.3 Å². The summed E-state index contributed by atoms with van der Waals surface area (Å²) in [7, 11) is 3.83. The molecule has 0 radical (unpaired) electrons. The van der Waals surface area contributed by atoms with Gasteiger partial charge in [0.2, 0.25) is 17.7 Å². The predicted molar refractivity (Wildman–Crippen MR) is 106 cm³/mol. The number of nitrogens with one attached hydrogen (secondary N) is 3. The molecular weight excluding hydrogens is 350 g/mol. The number of amides is 3. The zero-order chi connectivity index (χ0) is 20.5. The monoisotopic (exact) mass is 387 g/mol.